The number of aliphatic imine (C=N–C) groups is 1. The third-order valence-electron chi connectivity index (χ3n) is 2.96. The van der Waals surface area contributed by atoms with Gasteiger partial charge in [0.25, 0.3) is 0 Å². The largest absolute Gasteiger partial charge is 0.346 e. The Morgan fingerprint density at radius 1 is 1.39 bits per heavy atom. The Labute approximate surface area is 108 Å². The van der Waals surface area contributed by atoms with Crippen LogP contribution in [0.2, 0.25) is 0 Å². The summed E-state index contributed by atoms with van der Waals surface area (Å²) in [5.74, 6) is 0.982. The zero-order chi connectivity index (χ0) is 13.0. The molecule has 1 aromatic rings. The number of aryl methyl sites for hydroxylation is 1. The average Bonchev–Trinajstić information content (AvgIpc) is 2.75. The van der Waals surface area contributed by atoms with E-state index in [9.17, 15) is 0 Å². The van der Waals surface area contributed by atoms with Gasteiger partial charge in [0, 0.05) is 36.6 Å². The van der Waals surface area contributed by atoms with E-state index in [1.807, 2.05) is 26.2 Å². The Morgan fingerprint density at radius 3 is 2.83 bits per heavy atom. The molecule has 2 rings (SSSR count). The van der Waals surface area contributed by atoms with Crippen LogP contribution in [0.4, 0.5) is 0 Å². The summed E-state index contributed by atoms with van der Waals surface area (Å²) in [6.45, 7) is 6.90. The molecule has 1 aromatic heterocycles. The lowest BCUT2D eigenvalue weighted by Gasteiger charge is -2.05. The monoisotopic (exact) mass is 241 g/mol. The maximum atomic E-state index is 4.45. The predicted octanol–water partition coefficient (Wildman–Crippen LogP) is 2.78. The summed E-state index contributed by atoms with van der Waals surface area (Å²) in [7, 11) is 0. The maximum Gasteiger partial charge on any atom is 0.132 e. The number of amidine groups is 1. The van der Waals surface area contributed by atoms with Gasteiger partial charge in [-0.1, -0.05) is 12.1 Å². The lowest BCUT2D eigenvalue weighted by Crippen LogP contribution is -2.13. The first-order valence-electron chi connectivity index (χ1n) is 6.33. The summed E-state index contributed by atoms with van der Waals surface area (Å²) in [5.41, 5.74) is 4.76. The molecule has 0 fully saturated rings. The van der Waals surface area contributed by atoms with Crippen molar-refractivity contribution >= 4 is 5.84 Å². The van der Waals surface area contributed by atoms with Crippen LogP contribution >= 0.6 is 0 Å². The van der Waals surface area contributed by atoms with Gasteiger partial charge in [-0.05, 0) is 38.0 Å². The number of rotatable bonds is 3. The highest BCUT2D eigenvalue weighted by molar-refractivity contribution is 6.05. The number of aromatic nitrogens is 1. The quantitative estimate of drug-likeness (QED) is 0.883. The molecule has 0 bridgehead atoms. The number of nitrogens with one attached hydrogen (secondary N) is 1. The third-order valence-corrected chi connectivity index (χ3v) is 2.96. The highest BCUT2D eigenvalue weighted by Gasteiger charge is 2.17. The minimum atomic E-state index is 0.798. The zero-order valence-electron chi connectivity index (χ0n) is 11.2. The molecule has 0 amide bonds. The van der Waals surface area contributed by atoms with E-state index >= 15 is 0 Å². The van der Waals surface area contributed by atoms with E-state index < -0.39 is 0 Å². The number of nitrogens with zero attached hydrogens (tertiary/aromatic N) is 2. The van der Waals surface area contributed by atoms with Gasteiger partial charge in [0.1, 0.15) is 5.84 Å². The van der Waals surface area contributed by atoms with Gasteiger partial charge in [-0.3, -0.25) is 9.98 Å². The van der Waals surface area contributed by atoms with Crippen molar-refractivity contribution in [3.05, 3.63) is 53.0 Å². The summed E-state index contributed by atoms with van der Waals surface area (Å²) in [5, 5.41) is 3.24. The molecule has 0 atom stereocenters. The van der Waals surface area contributed by atoms with Crippen LogP contribution < -0.4 is 5.32 Å². The molecule has 0 saturated heterocycles. The van der Waals surface area contributed by atoms with Crippen LogP contribution in [0.5, 0.6) is 0 Å². The van der Waals surface area contributed by atoms with Crippen LogP contribution in [-0.2, 0) is 6.42 Å². The number of pyridine rings is 1. The molecule has 3 heteroatoms. The Kier molecular flexibility index (Phi) is 3.92. The summed E-state index contributed by atoms with van der Waals surface area (Å²) in [6, 6.07) is 4.18. The molecule has 0 spiro atoms. The summed E-state index contributed by atoms with van der Waals surface area (Å²) < 4.78 is 0. The van der Waals surface area contributed by atoms with Gasteiger partial charge in [0.2, 0.25) is 0 Å². The minimum absolute atomic E-state index is 0.798. The molecule has 1 N–H and O–H groups in total. The molecule has 0 saturated carbocycles. The van der Waals surface area contributed by atoms with Crippen molar-refractivity contribution < 1.29 is 0 Å². The average molecular weight is 241 g/mol. The van der Waals surface area contributed by atoms with Crippen molar-refractivity contribution in [1.29, 1.82) is 0 Å². The standard InChI is InChI=1S/C15H19N3/c1-4-14-13(10-18-15(14)16-5-2)8-12-7-6-11(3)17-9-12/h4,6-7,9-10H,5,8H2,1-3H3,(H,16,18)/b14-4-. The molecule has 1 aliphatic rings. The van der Waals surface area contributed by atoms with E-state index in [-0.39, 0.29) is 0 Å². The van der Waals surface area contributed by atoms with Crippen LogP contribution in [0.25, 0.3) is 0 Å². The second kappa shape index (κ2) is 5.63. The third kappa shape index (κ3) is 2.67. The van der Waals surface area contributed by atoms with Gasteiger partial charge in [-0.15, -0.1) is 0 Å². The highest BCUT2D eigenvalue weighted by Crippen LogP contribution is 2.21. The van der Waals surface area contributed by atoms with E-state index in [2.05, 4.69) is 40.4 Å². The normalized spacial score (nSPS) is 19.2. The molecular weight excluding hydrogens is 222 g/mol. The second-order valence-corrected chi connectivity index (χ2v) is 4.32. The summed E-state index contributed by atoms with van der Waals surface area (Å²) in [6.07, 6.45) is 6.99. The Balaban J connectivity index is 2.15. The lowest BCUT2D eigenvalue weighted by molar-refractivity contribution is 1.10. The topological polar surface area (TPSA) is 37.3 Å². The van der Waals surface area contributed by atoms with Gasteiger partial charge in [0.05, 0.1) is 0 Å². The van der Waals surface area contributed by atoms with E-state index in [1.165, 1.54) is 16.7 Å². The number of allylic oxidation sites excluding steroid dienone is 1. The summed E-state index contributed by atoms with van der Waals surface area (Å²) >= 11 is 0. The SMILES string of the molecule is C/C=C1/C(Cc2ccc(C)nc2)=CNC1=NCC. The van der Waals surface area contributed by atoms with Gasteiger partial charge in [-0.25, -0.2) is 0 Å². The van der Waals surface area contributed by atoms with Crippen LogP contribution in [-0.4, -0.2) is 17.4 Å². The molecule has 3 nitrogen and oxygen atoms in total. The first-order chi connectivity index (χ1) is 8.74. The smallest absolute Gasteiger partial charge is 0.132 e. The Morgan fingerprint density at radius 2 is 2.22 bits per heavy atom. The van der Waals surface area contributed by atoms with Crippen LogP contribution in [0, 0.1) is 6.92 Å². The minimum Gasteiger partial charge on any atom is -0.346 e. The fraction of sp³-hybridized carbons (Fsp3) is 0.333. The summed E-state index contributed by atoms with van der Waals surface area (Å²) in [4.78, 5) is 8.78. The zero-order valence-corrected chi connectivity index (χ0v) is 11.2. The molecule has 0 aliphatic carbocycles. The Hall–Kier alpha value is -1.90. The molecule has 94 valence electrons. The molecule has 1 aliphatic heterocycles. The predicted molar refractivity (Wildman–Crippen MR) is 75.6 cm³/mol. The molecule has 18 heavy (non-hydrogen) atoms. The van der Waals surface area contributed by atoms with Crippen molar-refractivity contribution in [1.82, 2.24) is 10.3 Å². The van der Waals surface area contributed by atoms with Crippen molar-refractivity contribution in [3.63, 3.8) is 0 Å². The van der Waals surface area contributed by atoms with Crippen LogP contribution in [0.1, 0.15) is 25.1 Å². The lowest BCUT2D eigenvalue weighted by atomic mass is 10.0. The van der Waals surface area contributed by atoms with E-state index in [1.54, 1.807) is 0 Å². The van der Waals surface area contributed by atoms with Crippen LogP contribution in [0.15, 0.2) is 46.7 Å². The molecular formula is C15H19N3. The number of hydrogen-bond acceptors (Lipinski definition) is 2. The second-order valence-electron chi connectivity index (χ2n) is 4.32. The highest BCUT2D eigenvalue weighted by atomic mass is 15.0. The first-order valence-corrected chi connectivity index (χ1v) is 6.33. The van der Waals surface area contributed by atoms with E-state index in [0.717, 1.165) is 24.5 Å². The van der Waals surface area contributed by atoms with Crippen molar-refractivity contribution in [2.45, 2.75) is 27.2 Å². The fourth-order valence-electron chi connectivity index (χ4n) is 2.04. The molecule has 0 unspecified atom stereocenters. The van der Waals surface area contributed by atoms with Crippen molar-refractivity contribution in [2.75, 3.05) is 6.54 Å². The van der Waals surface area contributed by atoms with E-state index in [0.29, 0.717) is 0 Å². The van der Waals surface area contributed by atoms with Crippen molar-refractivity contribution in [3.8, 4) is 0 Å². The van der Waals surface area contributed by atoms with Crippen LogP contribution in [0.3, 0.4) is 0 Å². The Bertz CT molecular complexity index is 507. The maximum absolute atomic E-state index is 4.45. The van der Waals surface area contributed by atoms with Gasteiger partial charge < -0.3 is 5.32 Å². The first kappa shape index (κ1) is 12.6. The van der Waals surface area contributed by atoms with Gasteiger partial charge in [0.15, 0.2) is 0 Å². The fourth-order valence-corrected chi connectivity index (χ4v) is 2.04. The number of hydrogen-bond donors (Lipinski definition) is 1. The van der Waals surface area contributed by atoms with Gasteiger partial charge >= 0.3 is 0 Å². The molecule has 0 aromatic carbocycles. The van der Waals surface area contributed by atoms with Crippen molar-refractivity contribution in [2.24, 2.45) is 4.99 Å². The molecule has 2 heterocycles. The molecule has 0 radical (unpaired) electrons. The van der Waals surface area contributed by atoms with E-state index in [4.69, 9.17) is 0 Å². The van der Waals surface area contributed by atoms with Gasteiger partial charge in [-0.2, -0.15) is 0 Å².